The van der Waals surface area contributed by atoms with Gasteiger partial charge in [0.15, 0.2) is 0 Å². The Morgan fingerprint density at radius 3 is 2.16 bits per heavy atom. The largest absolute Gasteiger partial charge is 0.378 e. The molecule has 0 saturated heterocycles. The normalized spacial score (nSPS) is 25.1. The van der Waals surface area contributed by atoms with Gasteiger partial charge in [0.2, 0.25) is 0 Å². The molecule has 2 nitrogen and oxygen atoms in total. The number of hydrogen-bond donors (Lipinski definition) is 1. The summed E-state index contributed by atoms with van der Waals surface area (Å²) in [4.78, 5) is 2.13. The summed E-state index contributed by atoms with van der Waals surface area (Å²) in [6, 6.07) is 8.96. The average Bonchev–Trinajstić information content (AvgIpc) is 2.46. The molecule has 0 radical (unpaired) electrons. The fourth-order valence-corrected chi connectivity index (χ4v) is 3.22. The van der Waals surface area contributed by atoms with Crippen LogP contribution in [0.15, 0.2) is 24.3 Å². The van der Waals surface area contributed by atoms with Crippen LogP contribution in [0.5, 0.6) is 0 Å². The van der Waals surface area contributed by atoms with Gasteiger partial charge in [0.05, 0.1) is 0 Å². The summed E-state index contributed by atoms with van der Waals surface area (Å²) in [5, 5.41) is 0. The first kappa shape index (κ1) is 14.4. The van der Waals surface area contributed by atoms with Crippen molar-refractivity contribution >= 4 is 5.69 Å². The molecular formula is C17H28N2. The van der Waals surface area contributed by atoms with Crippen LogP contribution in [0.1, 0.15) is 50.6 Å². The van der Waals surface area contributed by atoms with E-state index in [9.17, 15) is 0 Å². The van der Waals surface area contributed by atoms with Gasteiger partial charge in [0.1, 0.15) is 0 Å². The van der Waals surface area contributed by atoms with Crippen LogP contribution in [0.25, 0.3) is 0 Å². The molecule has 1 unspecified atom stereocenters. The summed E-state index contributed by atoms with van der Waals surface area (Å²) >= 11 is 0. The lowest BCUT2D eigenvalue weighted by atomic mass is 9.76. The van der Waals surface area contributed by atoms with Crippen molar-refractivity contribution in [2.45, 2.75) is 45.1 Å². The van der Waals surface area contributed by atoms with Crippen LogP contribution in [0.2, 0.25) is 0 Å². The van der Waals surface area contributed by atoms with Crippen molar-refractivity contribution in [2.75, 3.05) is 19.0 Å². The molecule has 1 fully saturated rings. The van der Waals surface area contributed by atoms with Crippen molar-refractivity contribution in [2.24, 2.45) is 17.6 Å². The summed E-state index contributed by atoms with van der Waals surface area (Å²) < 4.78 is 0. The molecule has 19 heavy (non-hydrogen) atoms. The highest BCUT2D eigenvalue weighted by atomic mass is 15.1. The summed E-state index contributed by atoms with van der Waals surface area (Å²) in [6.45, 7) is 2.31. The highest BCUT2D eigenvalue weighted by molar-refractivity contribution is 5.46. The smallest absolute Gasteiger partial charge is 0.0361 e. The van der Waals surface area contributed by atoms with Gasteiger partial charge >= 0.3 is 0 Å². The summed E-state index contributed by atoms with van der Waals surface area (Å²) in [5.74, 6) is 1.62. The zero-order valence-corrected chi connectivity index (χ0v) is 12.6. The Bertz CT molecular complexity index is 375. The molecule has 1 aliphatic carbocycles. The van der Waals surface area contributed by atoms with Crippen molar-refractivity contribution in [3.8, 4) is 0 Å². The third kappa shape index (κ3) is 3.50. The van der Waals surface area contributed by atoms with Crippen molar-refractivity contribution < 1.29 is 0 Å². The van der Waals surface area contributed by atoms with E-state index in [0.717, 1.165) is 5.92 Å². The molecule has 0 aliphatic heterocycles. The third-order valence-electron chi connectivity index (χ3n) is 4.77. The van der Waals surface area contributed by atoms with Crippen molar-refractivity contribution in [3.05, 3.63) is 29.8 Å². The van der Waals surface area contributed by atoms with E-state index in [1.165, 1.54) is 43.4 Å². The van der Waals surface area contributed by atoms with Crippen molar-refractivity contribution in [1.29, 1.82) is 0 Å². The Morgan fingerprint density at radius 2 is 1.68 bits per heavy atom. The first-order valence-corrected chi connectivity index (χ1v) is 7.64. The van der Waals surface area contributed by atoms with E-state index in [1.807, 2.05) is 0 Å². The maximum absolute atomic E-state index is 6.47. The Kier molecular flexibility index (Phi) is 4.87. The van der Waals surface area contributed by atoms with Crippen LogP contribution >= 0.6 is 0 Å². The SMILES string of the molecule is CCC1CCC(C(N)c2ccc(N(C)C)cc2)CC1. The fourth-order valence-electron chi connectivity index (χ4n) is 3.22. The predicted molar refractivity (Wildman–Crippen MR) is 83.4 cm³/mol. The second kappa shape index (κ2) is 6.42. The third-order valence-corrected chi connectivity index (χ3v) is 4.77. The quantitative estimate of drug-likeness (QED) is 0.887. The first-order chi connectivity index (χ1) is 9.11. The van der Waals surface area contributed by atoms with E-state index in [-0.39, 0.29) is 6.04 Å². The molecule has 1 aromatic rings. The van der Waals surface area contributed by atoms with Gasteiger partial charge < -0.3 is 10.6 Å². The van der Waals surface area contributed by atoms with Gasteiger partial charge in [0, 0.05) is 25.8 Å². The van der Waals surface area contributed by atoms with Gasteiger partial charge in [-0.2, -0.15) is 0 Å². The van der Waals surface area contributed by atoms with Crippen LogP contribution in [-0.2, 0) is 0 Å². The second-order valence-electron chi connectivity index (χ2n) is 6.20. The molecule has 0 heterocycles. The summed E-state index contributed by atoms with van der Waals surface area (Å²) in [6.07, 6.45) is 6.67. The number of hydrogen-bond acceptors (Lipinski definition) is 2. The second-order valence-corrected chi connectivity index (χ2v) is 6.20. The minimum Gasteiger partial charge on any atom is -0.378 e. The minimum absolute atomic E-state index is 0.217. The molecule has 0 aromatic heterocycles. The maximum Gasteiger partial charge on any atom is 0.0361 e. The molecular weight excluding hydrogens is 232 g/mol. The average molecular weight is 260 g/mol. The molecule has 0 bridgehead atoms. The lowest BCUT2D eigenvalue weighted by molar-refractivity contribution is 0.240. The number of nitrogens with zero attached hydrogens (tertiary/aromatic N) is 1. The molecule has 0 spiro atoms. The number of rotatable bonds is 4. The predicted octanol–water partition coefficient (Wildman–Crippen LogP) is 3.97. The van der Waals surface area contributed by atoms with E-state index in [4.69, 9.17) is 5.73 Å². The molecule has 2 heteroatoms. The van der Waals surface area contributed by atoms with E-state index in [2.05, 4.69) is 50.2 Å². The molecule has 2 rings (SSSR count). The lowest BCUT2D eigenvalue weighted by Crippen LogP contribution is -2.26. The topological polar surface area (TPSA) is 29.3 Å². The van der Waals surface area contributed by atoms with Gasteiger partial charge in [-0.1, -0.05) is 38.3 Å². The molecule has 1 aromatic carbocycles. The van der Waals surface area contributed by atoms with Crippen LogP contribution in [0, 0.1) is 11.8 Å². The molecule has 1 aliphatic rings. The van der Waals surface area contributed by atoms with Gasteiger partial charge in [-0.25, -0.2) is 0 Å². The highest BCUT2D eigenvalue weighted by Crippen LogP contribution is 2.37. The Hall–Kier alpha value is -1.02. The highest BCUT2D eigenvalue weighted by Gasteiger charge is 2.25. The van der Waals surface area contributed by atoms with E-state index in [1.54, 1.807) is 0 Å². The molecule has 2 N–H and O–H groups in total. The Balaban J connectivity index is 1.97. The van der Waals surface area contributed by atoms with E-state index < -0.39 is 0 Å². The van der Waals surface area contributed by atoms with Crippen LogP contribution in [0.3, 0.4) is 0 Å². The van der Waals surface area contributed by atoms with Crippen LogP contribution in [0.4, 0.5) is 5.69 Å². The Morgan fingerprint density at radius 1 is 1.11 bits per heavy atom. The van der Waals surface area contributed by atoms with Crippen molar-refractivity contribution in [1.82, 2.24) is 0 Å². The molecule has 0 amide bonds. The van der Waals surface area contributed by atoms with Crippen LogP contribution in [-0.4, -0.2) is 14.1 Å². The monoisotopic (exact) mass is 260 g/mol. The zero-order valence-electron chi connectivity index (χ0n) is 12.6. The minimum atomic E-state index is 0.217. The van der Waals surface area contributed by atoms with Gasteiger partial charge in [-0.05, 0) is 42.4 Å². The Labute approximate surface area is 118 Å². The fraction of sp³-hybridized carbons (Fsp3) is 0.647. The van der Waals surface area contributed by atoms with E-state index >= 15 is 0 Å². The maximum atomic E-state index is 6.47. The summed E-state index contributed by atoms with van der Waals surface area (Å²) in [5.41, 5.74) is 9.01. The van der Waals surface area contributed by atoms with Crippen LogP contribution < -0.4 is 10.6 Å². The summed E-state index contributed by atoms with van der Waals surface area (Å²) in [7, 11) is 4.14. The first-order valence-electron chi connectivity index (χ1n) is 7.64. The standard InChI is InChI=1S/C17H28N2/c1-4-13-5-7-14(8-6-13)17(18)15-9-11-16(12-10-15)19(2)3/h9-14,17H,4-8,18H2,1-3H3. The zero-order chi connectivity index (χ0) is 13.8. The van der Waals surface area contributed by atoms with Gasteiger partial charge in [-0.3, -0.25) is 0 Å². The van der Waals surface area contributed by atoms with Crippen molar-refractivity contribution in [3.63, 3.8) is 0 Å². The van der Waals surface area contributed by atoms with Gasteiger partial charge in [0.25, 0.3) is 0 Å². The number of nitrogens with two attached hydrogens (primary N) is 1. The molecule has 1 saturated carbocycles. The number of anilines is 1. The molecule has 106 valence electrons. The van der Waals surface area contributed by atoms with Gasteiger partial charge in [-0.15, -0.1) is 0 Å². The number of benzene rings is 1. The van der Waals surface area contributed by atoms with E-state index in [0.29, 0.717) is 5.92 Å². The lowest BCUT2D eigenvalue weighted by Gasteiger charge is -2.32. The molecule has 1 atom stereocenters.